The van der Waals surface area contributed by atoms with Gasteiger partial charge >= 0.3 is 0 Å². The summed E-state index contributed by atoms with van der Waals surface area (Å²) in [7, 11) is 0. The molecule has 20 heavy (non-hydrogen) atoms. The molecule has 0 rings (SSSR count). The van der Waals surface area contributed by atoms with Crippen LogP contribution in [0.25, 0.3) is 0 Å². The van der Waals surface area contributed by atoms with E-state index in [0.717, 1.165) is 25.7 Å². The average Bonchev–Trinajstić information content (AvgIpc) is 2.42. The van der Waals surface area contributed by atoms with Gasteiger partial charge in [0.1, 0.15) is 0 Å². The fraction of sp³-hybridized carbons (Fsp3) is 0.588. The van der Waals surface area contributed by atoms with Gasteiger partial charge in [-0.05, 0) is 44.4 Å². The number of allylic oxidation sites excluding steroid dienone is 4. The number of nitrogens with zero attached hydrogens (tertiary/aromatic N) is 1. The van der Waals surface area contributed by atoms with Crippen LogP contribution in [0.4, 0.5) is 0 Å². The van der Waals surface area contributed by atoms with Crippen LogP contribution >= 0.6 is 0 Å². The van der Waals surface area contributed by atoms with Crippen molar-refractivity contribution in [3.8, 4) is 0 Å². The molecule has 0 aliphatic heterocycles. The molecule has 0 aliphatic rings. The summed E-state index contributed by atoms with van der Waals surface area (Å²) in [5.74, 6) is 0.720. The minimum absolute atomic E-state index is 0.205. The summed E-state index contributed by atoms with van der Waals surface area (Å²) >= 11 is 0. The average molecular weight is 278 g/mol. The van der Waals surface area contributed by atoms with Crippen LogP contribution in [-0.4, -0.2) is 17.5 Å². The Kier molecular flexibility index (Phi) is 11.8. The molecule has 0 fully saturated rings. The Morgan fingerprint density at radius 3 is 2.20 bits per heavy atom. The van der Waals surface area contributed by atoms with Gasteiger partial charge in [-0.1, -0.05) is 50.3 Å². The lowest BCUT2D eigenvalue weighted by Gasteiger charge is -2.13. The maximum Gasteiger partial charge on any atom is 0.0467 e. The summed E-state index contributed by atoms with van der Waals surface area (Å²) in [5, 5.41) is 11.4. The molecule has 3 unspecified atom stereocenters. The molecule has 0 heterocycles. The van der Waals surface area contributed by atoms with Gasteiger partial charge in [-0.25, -0.2) is 0 Å². The zero-order valence-electron chi connectivity index (χ0n) is 13.1. The van der Waals surface area contributed by atoms with Gasteiger partial charge in [0.05, 0.1) is 0 Å². The molecule has 0 amide bonds. The van der Waals surface area contributed by atoms with E-state index in [-0.39, 0.29) is 12.0 Å². The van der Waals surface area contributed by atoms with Gasteiger partial charge < -0.3 is 10.9 Å². The van der Waals surface area contributed by atoms with Gasteiger partial charge in [0.25, 0.3) is 0 Å². The maximum atomic E-state index is 8.38. The normalized spacial score (nSPS) is 17.6. The molecule has 0 aromatic carbocycles. The second-order valence-electron chi connectivity index (χ2n) is 5.28. The van der Waals surface area contributed by atoms with E-state index in [4.69, 9.17) is 10.9 Å². The number of rotatable bonds is 10. The van der Waals surface area contributed by atoms with E-state index in [1.54, 1.807) is 6.21 Å². The van der Waals surface area contributed by atoms with Gasteiger partial charge in [0.2, 0.25) is 0 Å². The number of oxime groups is 1. The van der Waals surface area contributed by atoms with Crippen molar-refractivity contribution < 1.29 is 5.21 Å². The van der Waals surface area contributed by atoms with Crippen molar-refractivity contribution in [1.29, 1.82) is 0 Å². The summed E-state index contributed by atoms with van der Waals surface area (Å²) in [6.45, 7) is 6.20. The van der Waals surface area contributed by atoms with Gasteiger partial charge in [0, 0.05) is 12.3 Å². The summed E-state index contributed by atoms with van der Waals surface area (Å²) in [5.41, 5.74) is 6.08. The first-order chi connectivity index (χ1) is 9.61. The molecule has 3 atom stereocenters. The zero-order valence-corrected chi connectivity index (χ0v) is 13.1. The molecule has 0 aromatic heterocycles. The maximum absolute atomic E-state index is 8.38. The molecule has 3 heteroatoms. The number of hydrogen-bond donors (Lipinski definition) is 2. The van der Waals surface area contributed by atoms with Crippen LogP contribution in [0.1, 0.15) is 46.5 Å². The first-order valence-electron chi connectivity index (χ1n) is 7.47. The standard InChI is InChI=1S/C17H30N2O/c1-4-11-16(3)17(18)13-10-8-6-5-7-9-12-15(2)14-19-20/h4,7-11,14-17,20H,5-6,12-13,18H2,1-3H3/b9-7+,10-8+,11-4+,19-14+. The van der Waals surface area contributed by atoms with E-state index in [1.807, 2.05) is 13.8 Å². The fourth-order valence-corrected chi connectivity index (χ4v) is 1.83. The van der Waals surface area contributed by atoms with Crippen molar-refractivity contribution in [3.05, 3.63) is 36.5 Å². The summed E-state index contributed by atoms with van der Waals surface area (Å²) in [6.07, 6.45) is 18.4. The van der Waals surface area contributed by atoms with E-state index in [9.17, 15) is 0 Å². The molecule has 0 bridgehead atoms. The highest BCUT2D eigenvalue weighted by atomic mass is 16.4. The third-order valence-electron chi connectivity index (χ3n) is 3.24. The van der Waals surface area contributed by atoms with Crippen LogP contribution in [0.15, 0.2) is 41.6 Å². The Hall–Kier alpha value is -1.35. The molecular formula is C17H30N2O. The minimum atomic E-state index is 0.205. The van der Waals surface area contributed by atoms with E-state index in [1.165, 1.54) is 0 Å². The van der Waals surface area contributed by atoms with E-state index in [2.05, 4.69) is 48.5 Å². The predicted octanol–water partition coefficient (Wildman–Crippen LogP) is 4.29. The lowest BCUT2D eigenvalue weighted by atomic mass is 9.99. The third kappa shape index (κ3) is 10.6. The molecule has 0 saturated carbocycles. The van der Waals surface area contributed by atoms with Crippen LogP contribution in [0.3, 0.4) is 0 Å². The predicted molar refractivity (Wildman–Crippen MR) is 88.1 cm³/mol. The molecule has 0 radical (unpaired) electrons. The zero-order chi connectivity index (χ0) is 15.2. The van der Waals surface area contributed by atoms with E-state index in [0.29, 0.717) is 5.92 Å². The van der Waals surface area contributed by atoms with Gasteiger partial charge in [0.15, 0.2) is 0 Å². The van der Waals surface area contributed by atoms with Crippen LogP contribution in [-0.2, 0) is 0 Å². The Bertz CT molecular complexity index is 332. The highest BCUT2D eigenvalue weighted by molar-refractivity contribution is 5.59. The molecule has 0 aromatic rings. The third-order valence-corrected chi connectivity index (χ3v) is 3.24. The first-order valence-corrected chi connectivity index (χ1v) is 7.47. The Morgan fingerprint density at radius 1 is 1.05 bits per heavy atom. The largest absolute Gasteiger partial charge is 0.411 e. The second kappa shape index (κ2) is 12.7. The lowest BCUT2D eigenvalue weighted by molar-refractivity contribution is 0.318. The molecule has 0 saturated heterocycles. The second-order valence-corrected chi connectivity index (χ2v) is 5.28. The number of nitrogens with two attached hydrogens (primary N) is 1. The Morgan fingerprint density at radius 2 is 1.65 bits per heavy atom. The van der Waals surface area contributed by atoms with Crippen molar-refractivity contribution >= 4 is 6.21 Å². The topological polar surface area (TPSA) is 58.6 Å². The van der Waals surface area contributed by atoms with Crippen LogP contribution < -0.4 is 5.73 Å². The van der Waals surface area contributed by atoms with Crippen LogP contribution in [0.5, 0.6) is 0 Å². The van der Waals surface area contributed by atoms with Crippen molar-refractivity contribution in [2.24, 2.45) is 22.7 Å². The number of hydrogen-bond acceptors (Lipinski definition) is 3. The highest BCUT2D eigenvalue weighted by Crippen LogP contribution is 2.07. The van der Waals surface area contributed by atoms with Crippen LogP contribution in [0, 0.1) is 11.8 Å². The molecule has 114 valence electrons. The summed E-state index contributed by atoms with van der Waals surface area (Å²) in [4.78, 5) is 0. The molecule has 3 N–H and O–H groups in total. The monoisotopic (exact) mass is 278 g/mol. The van der Waals surface area contributed by atoms with Crippen molar-refractivity contribution in [3.63, 3.8) is 0 Å². The SMILES string of the molecule is C/C=C/C(C)C(N)C/C=C/CC/C=C/CC(C)/C=N/O. The van der Waals surface area contributed by atoms with Crippen LogP contribution in [0.2, 0.25) is 0 Å². The van der Waals surface area contributed by atoms with Crippen molar-refractivity contribution in [1.82, 2.24) is 0 Å². The highest BCUT2D eigenvalue weighted by Gasteiger charge is 2.06. The van der Waals surface area contributed by atoms with Crippen molar-refractivity contribution in [2.75, 3.05) is 0 Å². The number of unbranched alkanes of at least 4 members (excludes halogenated alkanes) is 1. The first kappa shape index (κ1) is 18.7. The van der Waals surface area contributed by atoms with E-state index >= 15 is 0 Å². The summed E-state index contributed by atoms with van der Waals surface area (Å²) < 4.78 is 0. The Labute approximate surface area is 123 Å². The fourth-order valence-electron chi connectivity index (χ4n) is 1.83. The van der Waals surface area contributed by atoms with Crippen molar-refractivity contribution in [2.45, 2.75) is 52.5 Å². The minimum Gasteiger partial charge on any atom is -0.411 e. The van der Waals surface area contributed by atoms with Gasteiger partial charge in [-0.3, -0.25) is 0 Å². The molecule has 0 spiro atoms. The molecule has 3 nitrogen and oxygen atoms in total. The Balaban J connectivity index is 3.69. The van der Waals surface area contributed by atoms with E-state index < -0.39 is 0 Å². The lowest BCUT2D eigenvalue weighted by Crippen LogP contribution is -2.26. The molecule has 0 aliphatic carbocycles. The quantitative estimate of drug-likeness (QED) is 0.206. The smallest absolute Gasteiger partial charge is 0.0467 e. The van der Waals surface area contributed by atoms with Gasteiger partial charge in [-0.2, -0.15) is 0 Å². The molecular weight excluding hydrogens is 248 g/mol. The van der Waals surface area contributed by atoms with Gasteiger partial charge in [-0.15, -0.1) is 5.16 Å². The summed E-state index contributed by atoms with van der Waals surface area (Å²) in [6, 6.07) is 0.205.